The molecular weight excluding hydrogens is 248 g/mol. The zero-order valence-corrected chi connectivity index (χ0v) is 14.5. The van der Waals surface area contributed by atoms with Crippen LogP contribution in [0, 0.1) is 0 Å². The predicted octanol–water partition coefficient (Wildman–Crippen LogP) is 4.19. The van der Waals surface area contributed by atoms with Gasteiger partial charge in [0.1, 0.15) is 8.24 Å². The van der Waals surface area contributed by atoms with E-state index in [1.807, 2.05) is 0 Å². The Morgan fingerprint density at radius 3 is 2.21 bits per heavy atom. The van der Waals surface area contributed by atoms with Gasteiger partial charge < -0.3 is 9.47 Å². The van der Waals surface area contributed by atoms with E-state index < -0.39 is 8.24 Å². The molecule has 0 aliphatic carbocycles. The van der Waals surface area contributed by atoms with Crippen LogP contribution in [-0.4, -0.2) is 33.8 Å². The third kappa shape index (κ3) is 5.00. The van der Waals surface area contributed by atoms with Gasteiger partial charge in [-0.15, -0.1) is 0 Å². The quantitative estimate of drug-likeness (QED) is 0.690. The highest BCUT2D eigenvalue weighted by Crippen LogP contribution is 2.27. The highest BCUT2D eigenvalue weighted by molar-refractivity contribution is 6.79. The van der Waals surface area contributed by atoms with Crippen LogP contribution in [0.5, 0.6) is 0 Å². The van der Waals surface area contributed by atoms with Gasteiger partial charge in [0.15, 0.2) is 0 Å². The molecule has 0 saturated carbocycles. The Morgan fingerprint density at radius 1 is 1.05 bits per heavy atom. The molecule has 0 bridgehead atoms. The number of hydrogen-bond acceptors (Lipinski definition) is 2. The van der Waals surface area contributed by atoms with Crippen molar-refractivity contribution in [3.05, 3.63) is 29.8 Å². The summed E-state index contributed by atoms with van der Waals surface area (Å²) in [5, 5.41) is 0. The Hall–Kier alpha value is -0.803. The van der Waals surface area contributed by atoms with Crippen molar-refractivity contribution in [1.29, 1.82) is 0 Å². The zero-order chi connectivity index (χ0) is 14.5. The van der Waals surface area contributed by atoms with Crippen molar-refractivity contribution in [3.63, 3.8) is 0 Å². The Labute approximate surface area is 120 Å². The number of nitrogens with zero attached hydrogens (tertiary/aromatic N) is 2. The van der Waals surface area contributed by atoms with E-state index >= 15 is 0 Å². The molecule has 0 aromatic heterocycles. The SMILES string of the molecule is CCCCN(c1ccccc1CN(C)C)[Si](C)(C)C. The van der Waals surface area contributed by atoms with Crippen LogP contribution in [0.3, 0.4) is 0 Å². The summed E-state index contributed by atoms with van der Waals surface area (Å²) < 4.78 is 2.69. The first-order chi connectivity index (χ1) is 8.86. The normalized spacial score (nSPS) is 11.9. The molecule has 0 heterocycles. The zero-order valence-electron chi connectivity index (χ0n) is 13.5. The molecule has 0 aliphatic rings. The molecule has 0 amide bonds. The van der Waals surface area contributed by atoms with E-state index in [0.717, 1.165) is 6.54 Å². The predicted molar refractivity (Wildman–Crippen MR) is 89.4 cm³/mol. The van der Waals surface area contributed by atoms with E-state index in [2.05, 4.69) is 74.4 Å². The summed E-state index contributed by atoms with van der Waals surface area (Å²) in [5.41, 5.74) is 2.90. The second-order valence-corrected chi connectivity index (χ2v) is 11.4. The fourth-order valence-electron chi connectivity index (χ4n) is 2.38. The average molecular weight is 279 g/mol. The van der Waals surface area contributed by atoms with E-state index in [-0.39, 0.29) is 0 Å². The van der Waals surface area contributed by atoms with Gasteiger partial charge in [-0.05, 0) is 32.1 Å². The second kappa shape index (κ2) is 7.11. The molecule has 0 unspecified atom stereocenters. The fraction of sp³-hybridized carbons (Fsp3) is 0.625. The molecule has 0 saturated heterocycles. The largest absolute Gasteiger partial charge is 0.398 e. The molecule has 0 spiro atoms. The van der Waals surface area contributed by atoms with Crippen molar-refractivity contribution >= 4 is 13.9 Å². The molecule has 1 aromatic rings. The van der Waals surface area contributed by atoms with Crippen LogP contribution in [-0.2, 0) is 6.54 Å². The standard InChI is InChI=1S/C16H30N2Si/c1-7-8-13-18(19(4,5)6)16-12-10-9-11-15(16)14-17(2)3/h9-12H,7-8,13-14H2,1-6H3. The van der Waals surface area contributed by atoms with Crippen LogP contribution in [0.4, 0.5) is 5.69 Å². The minimum Gasteiger partial charge on any atom is -0.398 e. The van der Waals surface area contributed by atoms with Crippen molar-refractivity contribution in [3.8, 4) is 0 Å². The van der Waals surface area contributed by atoms with Crippen molar-refractivity contribution in [2.45, 2.75) is 46.0 Å². The molecule has 108 valence electrons. The van der Waals surface area contributed by atoms with Gasteiger partial charge in [-0.1, -0.05) is 51.2 Å². The maximum absolute atomic E-state index is 2.69. The summed E-state index contributed by atoms with van der Waals surface area (Å²) in [6.45, 7) is 11.8. The van der Waals surface area contributed by atoms with Crippen molar-refractivity contribution in [1.82, 2.24) is 4.90 Å². The van der Waals surface area contributed by atoms with Gasteiger partial charge in [-0.2, -0.15) is 0 Å². The lowest BCUT2D eigenvalue weighted by molar-refractivity contribution is 0.403. The van der Waals surface area contributed by atoms with Crippen LogP contribution < -0.4 is 4.57 Å². The highest BCUT2D eigenvalue weighted by atomic mass is 28.3. The Kier molecular flexibility index (Phi) is 6.08. The molecule has 0 radical (unpaired) electrons. The van der Waals surface area contributed by atoms with Gasteiger partial charge in [0.05, 0.1) is 0 Å². The summed E-state index contributed by atoms with van der Waals surface area (Å²) in [6.07, 6.45) is 2.54. The first kappa shape index (κ1) is 16.3. The van der Waals surface area contributed by atoms with Crippen LogP contribution in [0.25, 0.3) is 0 Å². The van der Waals surface area contributed by atoms with Crippen LogP contribution in [0.1, 0.15) is 25.3 Å². The van der Waals surface area contributed by atoms with Gasteiger partial charge in [0.2, 0.25) is 0 Å². The maximum Gasteiger partial charge on any atom is 0.147 e. The molecule has 3 heteroatoms. The number of unbranched alkanes of at least 4 members (excludes halogenated alkanes) is 1. The summed E-state index contributed by atoms with van der Waals surface area (Å²) in [6, 6.07) is 8.90. The maximum atomic E-state index is 2.69. The highest BCUT2D eigenvalue weighted by Gasteiger charge is 2.25. The van der Waals surface area contributed by atoms with E-state index in [1.54, 1.807) is 0 Å². The van der Waals surface area contributed by atoms with Gasteiger partial charge in [0.25, 0.3) is 0 Å². The lowest BCUT2D eigenvalue weighted by Crippen LogP contribution is -2.47. The second-order valence-electron chi connectivity index (χ2n) is 6.54. The van der Waals surface area contributed by atoms with Gasteiger partial charge in [-0.3, -0.25) is 0 Å². The number of para-hydroxylation sites is 1. The summed E-state index contributed by atoms with van der Waals surface area (Å²) in [5.74, 6) is 0. The third-order valence-electron chi connectivity index (χ3n) is 3.31. The van der Waals surface area contributed by atoms with Gasteiger partial charge >= 0.3 is 0 Å². The van der Waals surface area contributed by atoms with E-state index in [1.165, 1.54) is 30.6 Å². The lowest BCUT2D eigenvalue weighted by Gasteiger charge is -2.38. The topological polar surface area (TPSA) is 6.48 Å². The van der Waals surface area contributed by atoms with Crippen molar-refractivity contribution in [2.24, 2.45) is 0 Å². The average Bonchev–Trinajstić information content (AvgIpc) is 2.29. The molecule has 2 nitrogen and oxygen atoms in total. The smallest absolute Gasteiger partial charge is 0.147 e. The van der Waals surface area contributed by atoms with Crippen molar-refractivity contribution in [2.75, 3.05) is 25.2 Å². The van der Waals surface area contributed by atoms with Gasteiger partial charge in [-0.25, -0.2) is 0 Å². The van der Waals surface area contributed by atoms with Crippen LogP contribution >= 0.6 is 0 Å². The van der Waals surface area contributed by atoms with Crippen molar-refractivity contribution < 1.29 is 0 Å². The minimum absolute atomic E-state index is 1.02. The summed E-state index contributed by atoms with van der Waals surface area (Å²) >= 11 is 0. The first-order valence-electron chi connectivity index (χ1n) is 7.36. The molecule has 0 atom stereocenters. The molecule has 0 N–H and O–H groups in total. The Bertz CT molecular complexity index is 383. The number of rotatable bonds is 7. The van der Waals surface area contributed by atoms with E-state index in [0.29, 0.717) is 0 Å². The minimum atomic E-state index is -1.33. The number of hydrogen-bond donors (Lipinski definition) is 0. The third-order valence-corrected chi connectivity index (χ3v) is 5.40. The molecule has 1 aromatic carbocycles. The molecule has 19 heavy (non-hydrogen) atoms. The molecular formula is C16H30N2Si. The molecule has 1 rings (SSSR count). The Balaban J connectivity index is 3.07. The van der Waals surface area contributed by atoms with Gasteiger partial charge in [0, 0.05) is 18.8 Å². The summed E-state index contributed by atoms with van der Waals surface area (Å²) in [7, 11) is 2.95. The first-order valence-corrected chi connectivity index (χ1v) is 10.8. The lowest BCUT2D eigenvalue weighted by atomic mass is 10.1. The monoisotopic (exact) mass is 278 g/mol. The molecule has 0 aliphatic heterocycles. The number of benzene rings is 1. The summed E-state index contributed by atoms with van der Waals surface area (Å²) in [4.78, 5) is 2.25. The van der Waals surface area contributed by atoms with Crippen LogP contribution in [0.2, 0.25) is 19.6 Å². The Morgan fingerprint density at radius 2 is 1.68 bits per heavy atom. The fourth-order valence-corrected chi connectivity index (χ4v) is 4.15. The van der Waals surface area contributed by atoms with Crippen LogP contribution in [0.15, 0.2) is 24.3 Å². The molecule has 0 fully saturated rings. The van der Waals surface area contributed by atoms with E-state index in [4.69, 9.17) is 0 Å². The number of anilines is 1. The van der Waals surface area contributed by atoms with E-state index in [9.17, 15) is 0 Å².